The fourth-order valence-corrected chi connectivity index (χ4v) is 3.21. The minimum absolute atomic E-state index is 0.0912. The van der Waals surface area contributed by atoms with Crippen molar-refractivity contribution in [2.24, 2.45) is 11.8 Å². The summed E-state index contributed by atoms with van der Waals surface area (Å²) in [6.45, 7) is 6.44. The van der Waals surface area contributed by atoms with E-state index in [1.807, 2.05) is 6.07 Å². The molecule has 0 atom stereocenters. The number of rotatable bonds is 4. The summed E-state index contributed by atoms with van der Waals surface area (Å²) in [4.78, 5) is 16.8. The Hall–Kier alpha value is -2.18. The molecule has 2 aromatic heterocycles. The second kappa shape index (κ2) is 5.90. The molecule has 0 N–H and O–H groups in total. The molecule has 1 aliphatic rings. The third-order valence-corrected chi connectivity index (χ3v) is 4.26. The highest BCUT2D eigenvalue weighted by Gasteiger charge is 2.23. The van der Waals surface area contributed by atoms with Crippen molar-refractivity contribution in [2.45, 2.75) is 33.1 Å². The molecule has 118 valence electrons. The molecule has 1 fully saturated rings. The fourth-order valence-electron chi connectivity index (χ4n) is 3.21. The molecule has 0 spiro atoms. The number of hydrogen-bond acceptors (Lipinski definition) is 5. The molecule has 0 radical (unpaired) electrons. The Bertz CT molecular complexity index is 674. The van der Waals surface area contributed by atoms with E-state index in [9.17, 15) is 10.1 Å². The second-order valence-corrected chi connectivity index (χ2v) is 6.40. The summed E-state index contributed by atoms with van der Waals surface area (Å²) in [5.41, 5.74) is 0.505. The molecule has 1 aliphatic heterocycles. The molecule has 3 heterocycles. The van der Waals surface area contributed by atoms with Crippen LogP contribution in [0.5, 0.6) is 0 Å². The molecule has 2 aromatic rings. The molecule has 0 amide bonds. The Morgan fingerprint density at radius 2 is 2.09 bits per heavy atom. The number of nitrogens with zero attached hydrogens (tertiary/aromatic N) is 5. The monoisotopic (exact) mass is 303 g/mol. The van der Waals surface area contributed by atoms with Crippen molar-refractivity contribution in [3.8, 4) is 0 Å². The third-order valence-electron chi connectivity index (χ3n) is 4.26. The van der Waals surface area contributed by atoms with Crippen LogP contribution in [0.4, 0.5) is 11.6 Å². The summed E-state index contributed by atoms with van der Waals surface area (Å²) < 4.78 is 1.32. The van der Waals surface area contributed by atoms with Crippen LogP contribution in [-0.2, 0) is 0 Å². The van der Waals surface area contributed by atoms with Gasteiger partial charge in [-0.3, -0.25) is 0 Å². The van der Waals surface area contributed by atoms with E-state index >= 15 is 0 Å². The van der Waals surface area contributed by atoms with Crippen molar-refractivity contribution in [3.63, 3.8) is 0 Å². The molecular formula is C15H21N5O2. The zero-order chi connectivity index (χ0) is 15.7. The van der Waals surface area contributed by atoms with Gasteiger partial charge < -0.3 is 15.0 Å². The molecule has 7 nitrogen and oxygen atoms in total. The number of anilines is 1. The summed E-state index contributed by atoms with van der Waals surface area (Å²) >= 11 is 0. The van der Waals surface area contributed by atoms with Gasteiger partial charge in [-0.15, -0.1) is 0 Å². The third kappa shape index (κ3) is 2.88. The quantitative estimate of drug-likeness (QED) is 0.641. The zero-order valence-electron chi connectivity index (χ0n) is 13.0. The van der Waals surface area contributed by atoms with E-state index in [2.05, 4.69) is 28.8 Å². The second-order valence-electron chi connectivity index (χ2n) is 6.40. The maximum Gasteiger partial charge on any atom is 0.368 e. The lowest BCUT2D eigenvalue weighted by molar-refractivity contribution is -0.391. The topological polar surface area (TPSA) is 76.6 Å². The number of fused-ring (bicyclic) bond motifs is 1. The maximum absolute atomic E-state index is 11.0. The summed E-state index contributed by atoms with van der Waals surface area (Å²) in [6, 6.07) is 3.68. The van der Waals surface area contributed by atoms with Crippen LogP contribution >= 0.6 is 0 Å². The number of hydrogen-bond donors (Lipinski definition) is 0. The van der Waals surface area contributed by atoms with Crippen LogP contribution in [0.25, 0.3) is 5.65 Å². The van der Waals surface area contributed by atoms with E-state index in [1.165, 1.54) is 17.1 Å². The predicted octanol–water partition coefficient (Wildman–Crippen LogP) is 2.90. The molecule has 0 saturated carbocycles. The van der Waals surface area contributed by atoms with Crippen molar-refractivity contribution in [2.75, 3.05) is 18.0 Å². The maximum atomic E-state index is 11.0. The average molecular weight is 303 g/mol. The highest BCUT2D eigenvalue weighted by Crippen LogP contribution is 2.27. The first kappa shape index (κ1) is 14.7. The molecule has 0 aliphatic carbocycles. The van der Waals surface area contributed by atoms with Crippen molar-refractivity contribution in [1.29, 1.82) is 0 Å². The Labute approximate surface area is 129 Å². The molecule has 7 heteroatoms. The SMILES string of the molecule is CC(C)CC1CCN(c2ccc3ncc([N+](=O)[O-])n3n2)CC1. The van der Waals surface area contributed by atoms with Crippen LogP contribution in [0.2, 0.25) is 0 Å². The molecule has 0 aromatic carbocycles. The number of aromatic nitrogens is 3. The van der Waals surface area contributed by atoms with Gasteiger partial charge in [-0.25, -0.2) is 4.98 Å². The lowest BCUT2D eigenvalue weighted by atomic mass is 9.89. The Morgan fingerprint density at radius 1 is 1.36 bits per heavy atom. The van der Waals surface area contributed by atoms with E-state index < -0.39 is 4.92 Å². The van der Waals surface area contributed by atoms with Gasteiger partial charge in [-0.1, -0.05) is 23.5 Å². The highest BCUT2D eigenvalue weighted by atomic mass is 16.6. The van der Waals surface area contributed by atoms with Gasteiger partial charge in [0.25, 0.3) is 0 Å². The molecule has 3 rings (SSSR count). The van der Waals surface area contributed by atoms with Crippen molar-refractivity contribution >= 4 is 17.3 Å². The lowest BCUT2D eigenvalue weighted by Gasteiger charge is -2.32. The van der Waals surface area contributed by atoms with Gasteiger partial charge in [-0.2, -0.15) is 0 Å². The van der Waals surface area contributed by atoms with Gasteiger partial charge in [0, 0.05) is 19.2 Å². The van der Waals surface area contributed by atoms with Crippen LogP contribution in [0.3, 0.4) is 0 Å². The van der Waals surface area contributed by atoms with Crippen LogP contribution < -0.4 is 4.90 Å². The van der Waals surface area contributed by atoms with Crippen LogP contribution in [0.15, 0.2) is 18.3 Å². The normalized spacial score (nSPS) is 16.6. The minimum atomic E-state index is -0.453. The Kier molecular flexibility index (Phi) is 3.96. The number of piperidine rings is 1. The summed E-state index contributed by atoms with van der Waals surface area (Å²) in [7, 11) is 0. The van der Waals surface area contributed by atoms with E-state index in [-0.39, 0.29) is 5.82 Å². The average Bonchev–Trinajstić information content (AvgIpc) is 2.90. The van der Waals surface area contributed by atoms with E-state index in [0.717, 1.165) is 43.6 Å². The molecular weight excluding hydrogens is 282 g/mol. The first-order valence-electron chi connectivity index (χ1n) is 7.78. The Morgan fingerprint density at radius 3 is 2.73 bits per heavy atom. The first-order valence-corrected chi connectivity index (χ1v) is 7.78. The van der Waals surface area contributed by atoms with Crippen molar-refractivity contribution < 1.29 is 4.92 Å². The first-order chi connectivity index (χ1) is 10.5. The van der Waals surface area contributed by atoms with Crippen LogP contribution in [-0.4, -0.2) is 32.6 Å². The molecule has 0 unspecified atom stereocenters. The summed E-state index contributed by atoms with van der Waals surface area (Å²) in [6.07, 6.45) is 4.84. The van der Waals surface area contributed by atoms with Gasteiger partial charge >= 0.3 is 5.82 Å². The smallest absolute Gasteiger partial charge is 0.358 e. The molecule has 1 saturated heterocycles. The summed E-state index contributed by atoms with van der Waals surface area (Å²) in [5.74, 6) is 2.21. The fraction of sp³-hybridized carbons (Fsp3) is 0.600. The standard InChI is InChI=1S/C15H21N5O2/c1-11(2)9-12-5-7-18(8-6-12)14-4-3-13-16-10-15(20(21)22)19(13)17-14/h3-4,10-12H,5-9H2,1-2H3. The van der Waals surface area contributed by atoms with Gasteiger partial charge in [-0.05, 0) is 42.1 Å². The van der Waals surface area contributed by atoms with Gasteiger partial charge in [0.2, 0.25) is 5.65 Å². The molecule has 0 bridgehead atoms. The van der Waals surface area contributed by atoms with Crippen molar-refractivity contribution in [3.05, 3.63) is 28.4 Å². The van der Waals surface area contributed by atoms with Crippen LogP contribution in [0, 0.1) is 22.0 Å². The lowest BCUT2D eigenvalue weighted by Crippen LogP contribution is -2.34. The van der Waals surface area contributed by atoms with E-state index in [4.69, 9.17) is 0 Å². The number of imidazole rings is 1. The summed E-state index contributed by atoms with van der Waals surface area (Å²) in [5, 5.41) is 15.4. The largest absolute Gasteiger partial charge is 0.368 e. The number of nitro groups is 1. The Balaban J connectivity index is 1.77. The molecule has 22 heavy (non-hydrogen) atoms. The highest BCUT2D eigenvalue weighted by molar-refractivity contribution is 5.49. The van der Waals surface area contributed by atoms with Gasteiger partial charge in [0.05, 0.1) is 0 Å². The van der Waals surface area contributed by atoms with Gasteiger partial charge in [0.15, 0.2) is 5.82 Å². The van der Waals surface area contributed by atoms with E-state index in [0.29, 0.717) is 5.65 Å². The van der Waals surface area contributed by atoms with Crippen molar-refractivity contribution in [1.82, 2.24) is 14.6 Å². The van der Waals surface area contributed by atoms with Crippen LogP contribution in [0.1, 0.15) is 33.1 Å². The minimum Gasteiger partial charge on any atom is -0.358 e. The van der Waals surface area contributed by atoms with Gasteiger partial charge in [0.1, 0.15) is 6.20 Å². The predicted molar refractivity (Wildman–Crippen MR) is 84.0 cm³/mol. The zero-order valence-corrected chi connectivity index (χ0v) is 13.0. The van der Waals surface area contributed by atoms with E-state index in [1.54, 1.807) is 6.07 Å².